The Kier molecular flexibility index (Phi) is 7.61. The van der Waals surface area contributed by atoms with Crippen LogP contribution in [0.15, 0.2) is 57.8 Å². The molecule has 3 aromatic rings. The summed E-state index contributed by atoms with van der Waals surface area (Å²) in [5.41, 5.74) is 2.01. The topological polar surface area (TPSA) is 121 Å². The van der Waals surface area contributed by atoms with Crippen LogP contribution in [-0.4, -0.2) is 54.6 Å². The van der Waals surface area contributed by atoms with Gasteiger partial charge < -0.3 is 5.32 Å². The smallest absolute Gasteiger partial charge is 0.257 e. The molecule has 0 atom stereocenters. The van der Waals surface area contributed by atoms with E-state index in [-0.39, 0.29) is 27.3 Å². The lowest BCUT2D eigenvalue weighted by atomic mass is 10.2. The molecule has 0 spiro atoms. The van der Waals surface area contributed by atoms with Crippen LogP contribution in [0.25, 0.3) is 0 Å². The van der Waals surface area contributed by atoms with E-state index in [9.17, 15) is 18.0 Å². The number of rotatable bonds is 8. The predicted octanol–water partition coefficient (Wildman–Crippen LogP) is 3.08. The first kappa shape index (κ1) is 23.9. The van der Waals surface area contributed by atoms with Gasteiger partial charge in [0.1, 0.15) is 0 Å². The van der Waals surface area contributed by atoms with Crippen LogP contribution in [0.4, 0.5) is 10.8 Å². The first-order valence-electron chi connectivity index (χ1n) is 9.32. The number of sulfonamides is 1. The van der Waals surface area contributed by atoms with Crippen molar-refractivity contribution in [2.24, 2.45) is 0 Å². The Labute approximate surface area is 194 Å². The summed E-state index contributed by atoms with van der Waals surface area (Å²) in [6.45, 7) is 1.91. The average Bonchev–Trinajstić information content (AvgIpc) is 3.21. The largest absolute Gasteiger partial charge is 0.325 e. The van der Waals surface area contributed by atoms with Gasteiger partial charge in [0.15, 0.2) is 4.34 Å². The summed E-state index contributed by atoms with van der Waals surface area (Å²) in [4.78, 5) is 24.7. The monoisotopic (exact) mass is 491 g/mol. The fourth-order valence-electron chi connectivity index (χ4n) is 2.50. The van der Waals surface area contributed by atoms with Gasteiger partial charge in [-0.05, 0) is 42.8 Å². The van der Waals surface area contributed by atoms with Gasteiger partial charge in [-0.3, -0.25) is 14.9 Å². The first-order valence-corrected chi connectivity index (χ1v) is 12.6. The maximum absolute atomic E-state index is 12.4. The molecule has 0 saturated heterocycles. The highest BCUT2D eigenvalue weighted by Gasteiger charge is 2.18. The zero-order valence-corrected chi connectivity index (χ0v) is 20.0. The van der Waals surface area contributed by atoms with E-state index < -0.39 is 15.9 Å². The van der Waals surface area contributed by atoms with Crippen molar-refractivity contribution in [3.63, 3.8) is 0 Å². The van der Waals surface area contributed by atoms with E-state index >= 15 is 0 Å². The van der Waals surface area contributed by atoms with Crippen molar-refractivity contribution in [2.45, 2.75) is 16.2 Å². The van der Waals surface area contributed by atoms with E-state index in [2.05, 4.69) is 20.8 Å². The number of para-hydroxylation sites is 1. The number of thioether (sulfide) groups is 1. The van der Waals surface area contributed by atoms with Crippen LogP contribution in [0, 0.1) is 6.92 Å². The highest BCUT2D eigenvalue weighted by atomic mass is 32.2. The number of hydrogen-bond acceptors (Lipinski definition) is 8. The van der Waals surface area contributed by atoms with E-state index in [4.69, 9.17) is 0 Å². The van der Waals surface area contributed by atoms with E-state index in [0.29, 0.717) is 4.34 Å². The minimum atomic E-state index is -3.56. The van der Waals surface area contributed by atoms with Crippen molar-refractivity contribution in [1.82, 2.24) is 14.5 Å². The highest BCUT2D eigenvalue weighted by molar-refractivity contribution is 8.01. The highest BCUT2D eigenvalue weighted by Crippen LogP contribution is 2.26. The molecule has 9 nitrogen and oxygen atoms in total. The summed E-state index contributed by atoms with van der Waals surface area (Å²) in [6.07, 6.45) is 0. The van der Waals surface area contributed by atoms with Gasteiger partial charge in [-0.2, -0.15) is 0 Å². The van der Waals surface area contributed by atoms with Crippen molar-refractivity contribution in [3.8, 4) is 0 Å². The Morgan fingerprint density at radius 2 is 1.72 bits per heavy atom. The van der Waals surface area contributed by atoms with E-state index in [1.54, 1.807) is 0 Å². The molecule has 12 heteroatoms. The van der Waals surface area contributed by atoms with E-state index in [1.165, 1.54) is 50.1 Å². The number of amides is 2. The molecule has 0 fully saturated rings. The number of hydrogen-bond donors (Lipinski definition) is 2. The van der Waals surface area contributed by atoms with Crippen molar-refractivity contribution < 1.29 is 18.0 Å². The zero-order chi connectivity index (χ0) is 23.3. The molecule has 3 rings (SSSR count). The Morgan fingerprint density at radius 3 is 2.38 bits per heavy atom. The first-order chi connectivity index (χ1) is 15.2. The number of aromatic nitrogens is 2. The Hall–Kier alpha value is -2.80. The number of carbonyl (C=O) groups excluding carboxylic acids is 2. The standard InChI is InChI=1S/C20H21N5O4S3/c1-13-6-4-5-7-16(13)21-17(26)12-30-20-24-23-19(31-20)22-18(27)14-8-10-15(11-9-14)32(28,29)25(2)3/h4-11H,12H2,1-3H3,(H,21,26)(H,22,23,27). The second-order valence-corrected chi connectivity index (χ2v) is 11.1. The summed E-state index contributed by atoms with van der Waals surface area (Å²) in [6, 6.07) is 13.1. The third-order valence-electron chi connectivity index (χ3n) is 4.27. The fourth-order valence-corrected chi connectivity index (χ4v) is 4.95. The van der Waals surface area contributed by atoms with Crippen LogP contribution < -0.4 is 10.6 Å². The minimum Gasteiger partial charge on any atom is -0.325 e. The molecule has 32 heavy (non-hydrogen) atoms. The summed E-state index contributed by atoms with van der Waals surface area (Å²) in [5, 5.41) is 13.6. The molecule has 2 N–H and O–H groups in total. The fraction of sp³-hybridized carbons (Fsp3) is 0.200. The SMILES string of the molecule is Cc1ccccc1NC(=O)CSc1nnc(NC(=O)c2ccc(S(=O)(=O)N(C)C)cc2)s1. The molecule has 2 aromatic carbocycles. The summed E-state index contributed by atoms with van der Waals surface area (Å²) in [5.74, 6) is -0.458. The molecule has 168 valence electrons. The Balaban J connectivity index is 1.55. The molecule has 0 aliphatic rings. The average molecular weight is 492 g/mol. The van der Waals surface area contributed by atoms with Gasteiger partial charge >= 0.3 is 0 Å². The second kappa shape index (κ2) is 10.2. The number of nitrogens with zero attached hydrogens (tertiary/aromatic N) is 3. The van der Waals surface area contributed by atoms with E-state index in [1.807, 2.05) is 31.2 Å². The third kappa shape index (κ3) is 5.91. The van der Waals surface area contributed by atoms with Gasteiger partial charge in [-0.1, -0.05) is 41.3 Å². The molecular weight excluding hydrogens is 470 g/mol. The molecule has 2 amide bonds. The van der Waals surface area contributed by atoms with Gasteiger partial charge in [-0.15, -0.1) is 10.2 Å². The van der Waals surface area contributed by atoms with Crippen LogP contribution in [0.5, 0.6) is 0 Å². The minimum absolute atomic E-state index is 0.0950. The zero-order valence-electron chi connectivity index (χ0n) is 17.5. The molecule has 0 aliphatic heterocycles. The molecule has 1 heterocycles. The van der Waals surface area contributed by atoms with Crippen molar-refractivity contribution >= 4 is 55.8 Å². The van der Waals surface area contributed by atoms with Gasteiger partial charge in [0.2, 0.25) is 21.1 Å². The third-order valence-corrected chi connectivity index (χ3v) is 8.07. The summed E-state index contributed by atoms with van der Waals surface area (Å²) in [7, 11) is -0.689. The maximum Gasteiger partial charge on any atom is 0.257 e. The molecule has 0 unspecified atom stereocenters. The van der Waals surface area contributed by atoms with Gasteiger partial charge in [-0.25, -0.2) is 12.7 Å². The van der Waals surface area contributed by atoms with Crippen LogP contribution in [0.1, 0.15) is 15.9 Å². The lowest BCUT2D eigenvalue weighted by molar-refractivity contribution is -0.113. The van der Waals surface area contributed by atoms with Crippen LogP contribution in [0.3, 0.4) is 0 Å². The van der Waals surface area contributed by atoms with Crippen molar-refractivity contribution in [1.29, 1.82) is 0 Å². The second-order valence-electron chi connectivity index (χ2n) is 6.79. The Morgan fingerprint density at radius 1 is 1.03 bits per heavy atom. The predicted molar refractivity (Wildman–Crippen MR) is 126 cm³/mol. The maximum atomic E-state index is 12.4. The summed E-state index contributed by atoms with van der Waals surface area (Å²) < 4.78 is 25.9. The molecule has 0 aliphatic carbocycles. The van der Waals surface area contributed by atoms with Gasteiger partial charge in [0.05, 0.1) is 10.6 Å². The van der Waals surface area contributed by atoms with E-state index in [0.717, 1.165) is 26.9 Å². The van der Waals surface area contributed by atoms with Crippen LogP contribution >= 0.6 is 23.1 Å². The number of benzene rings is 2. The number of aryl methyl sites for hydroxylation is 1. The van der Waals surface area contributed by atoms with Crippen molar-refractivity contribution in [3.05, 3.63) is 59.7 Å². The Bertz CT molecular complexity index is 1220. The number of anilines is 2. The molecule has 0 saturated carbocycles. The lowest BCUT2D eigenvalue weighted by Gasteiger charge is -2.11. The molecule has 0 bridgehead atoms. The molecular formula is C20H21N5O4S3. The quantitative estimate of drug-likeness (QED) is 0.367. The van der Waals surface area contributed by atoms with Crippen LogP contribution in [0.2, 0.25) is 0 Å². The lowest BCUT2D eigenvalue weighted by Crippen LogP contribution is -2.22. The van der Waals surface area contributed by atoms with Crippen LogP contribution in [-0.2, 0) is 14.8 Å². The van der Waals surface area contributed by atoms with Gasteiger partial charge in [0, 0.05) is 25.3 Å². The van der Waals surface area contributed by atoms with Gasteiger partial charge in [0.25, 0.3) is 5.91 Å². The normalized spacial score (nSPS) is 11.4. The number of carbonyl (C=O) groups is 2. The number of nitrogens with one attached hydrogen (secondary N) is 2. The molecule has 0 radical (unpaired) electrons. The van der Waals surface area contributed by atoms with Crippen molar-refractivity contribution in [2.75, 3.05) is 30.5 Å². The summed E-state index contributed by atoms with van der Waals surface area (Å²) >= 11 is 2.36. The molecule has 1 aromatic heterocycles.